The first kappa shape index (κ1) is 13.4. The Morgan fingerprint density at radius 1 is 1.32 bits per heavy atom. The molecule has 1 amide bonds. The molecule has 2 aromatic rings. The Hall–Kier alpha value is -2.07. The number of carbonyl (C=O) groups excluding carboxylic acids is 1. The molecule has 0 unspecified atom stereocenters. The SMILES string of the molecule is Cc1cc(O)ccc1NC(=O)c1cccc(Cl)c1F. The van der Waals surface area contributed by atoms with Crippen LogP contribution in [0.15, 0.2) is 36.4 Å². The van der Waals surface area contributed by atoms with Gasteiger partial charge in [-0.05, 0) is 42.8 Å². The van der Waals surface area contributed by atoms with Gasteiger partial charge in [0.05, 0.1) is 10.6 Å². The van der Waals surface area contributed by atoms with Gasteiger partial charge < -0.3 is 10.4 Å². The van der Waals surface area contributed by atoms with Gasteiger partial charge in [-0.3, -0.25) is 4.79 Å². The van der Waals surface area contributed by atoms with Crippen LogP contribution < -0.4 is 5.32 Å². The molecular weight excluding hydrogens is 269 g/mol. The van der Waals surface area contributed by atoms with E-state index in [-0.39, 0.29) is 16.3 Å². The number of amides is 1. The second-order valence-corrected chi connectivity index (χ2v) is 4.46. The maximum Gasteiger partial charge on any atom is 0.258 e. The molecule has 0 spiro atoms. The van der Waals surface area contributed by atoms with Crippen molar-refractivity contribution in [2.75, 3.05) is 5.32 Å². The topological polar surface area (TPSA) is 49.3 Å². The minimum absolute atomic E-state index is 0.101. The molecule has 0 aromatic heterocycles. The predicted molar refractivity (Wildman–Crippen MR) is 72.2 cm³/mol. The minimum Gasteiger partial charge on any atom is -0.508 e. The lowest BCUT2D eigenvalue weighted by molar-refractivity contribution is 0.102. The van der Waals surface area contributed by atoms with Crippen LogP contribution >= 0.6 is 11.6 Å². The molecule has 2 rings (SSSR count). The highest BCUT2D eigenvalue weighted by molar-refractivity contribution is 6.31. The Labute approximate surface area is 114 Å². The number of aryl methyl sites for hydroxylation is 1. The van der Waals surface area contributed by atoms with E-state index in [1.165, 1.54) is 30.3 Å². The van der Waals surface area contributed by atoms with E-state index in [1.54, 1.807) is 13.0 Å². The first-order valence-electron chi connectivity index (χ1n) is 5.54. The van der Waals surface area contributed by atoms with Gasteiger partial charge in [-0.15, -0.1) is 0 Å². The van der Waals surface area contributed by atoms with Crippen molar-refractivity contribution in [3.63, 3.8) is 0 Å². The smallest absolute Gasteiger partial charge is 0.258 e. The van der Waals surface area contributed by atoms with Gasteiger partial charge in [0.25, 0.3) is 5.91 Å². The number of hydrogen-bond donors (Lipinski definition) is 2. The quantitative estimate of drug-likeness (QED) is 0.823. The zero-order chi connectivity index (χ0) is 14.0. The summed E-state index contributed by atoms with van der Waals surface area (Å²) >= 11 is 5.62. The third-order valence-corrected chi connectivity index (χ3v) is 2.95. The second kappa shape index (κ2) is 5.28. The molecule has 0 saturated heterocycles. The highest BCUT2D eigenvalue weighted by Gasteiger charge is 2.14. The molecular formula is C14H11ClFNO2. The van der Waals surface area contributed by atoms with Crippen LogP contribution in [-0.4, -0.2) is 11.0 Å². The predicted octanol–water partition coefficient (Wildman–Crippen LogP) is 3.75. The van der Waals surface area contributed by atoms with Crippen LogP contribution in [0.2, 0.25) is 5.02 Å². The highest BCUT2D eigenvalue weighted by atomic mass is 35.5. The maximum atomic E-state index is 13.7. The largest absolute Gasteiger partial charge is 0.508 e. The van der Waals surface area contributed by atoms with Crippen molar-refractivity contribution in [2.45, 2.75) is 6.92 Å². The fourth-order valence-corrected chi connectivity index (χ4v) is 1.83. The van der Waals surface area contributed by atoms with Gasteiger partial charge in [0, 0.05) is 5.69 Å². The summed E-state index contributed by atoms with van der Waals surface area (Å²) in [5.41, 5.74) is 1.05. The van der Waals surface area contributed by atoms with Gasteiger partial charge in [0.15, 0.2) is 5.82 Å². The summed E-state index contributed by atoms with van der Waals surface area (Å²) in [4.78, 5) is 12.0. The third kappa shape index (κ3) is 2.85. The zero-order valence-corrected chi connectivity index (χ0v) is 10.8. The van der Waals surface area contributed by atoms with Crippen molar-refractivity contribution < 1.29 is 14.3 Å². The summed E-state index contributed by atoms with van der Waals surface area (Å²) in [6.07, 6.45) is 0. The van der Waals surface area contributed by atoms with Gasteiger partial charge >= 0.3 is 0 Å². The number of carbonyl (C=O) groups is 1. The number of nitrogens with one attached hydrogen (secondary N) is 1. The van der Waals surface area contributed by atoms with Crippen LogP contribution in [0.5, 0.6) is 5.75 Å². The molecule has 0 bridgehead atoms. The lowest BCUT2D eigenvalue weighted by Gasteiger charge is -2.09. The number of anilines is 1. The summed E-state index contributed by atoms with van der Waals surface area (Å²) in [7, 11) is 0. The average Bonchev–Trinajstić information content (AvgIpc) is 2.36. The van der Waals surface area contributed by atoms with Crippen LogP contribution in [-0.2, 0) is 0 Å². The monoisotopic (exact) mass is 279 g/mol. The summed E-state index contributed by atoms with van der Waals surface area (Å²) in [5.74, 6) is -1.24. The fourth-order valence-electron chi connectivity index (χ4n) is 1.66. The van der Waals surface area contributed by atoms with Crippen LogP contribution in [0.3, 0.4) is 0 Å². The van der Waals surface area contributed by atoms with Crippen LogP contribution in [0.4, 0.5) is 10.1 Å². The average molecular weight is 280 g/mol. The Morgan fingerprint density at radius 3 is 2.74 bits per heavy atom. The Balaban J connectivity index is 2.28. The number of phenolic OH excluding ortho intramolecular Hbond substituents is 1. The Morgan fingerprint density at radius 2 is 2.05 bits per heavy atom. The van der Waals surface area contributed by atoms with Crippen molar-refractivity contribution in [1.82, 2.24) is 0 Å². The van der Waals surface area contributed by atoms with E-state index in [4.69, 9.17) is 11.6 Å². The summed E-state index contributed by atoms with van der Waals surface area (Å²) in [5, 5.41) is 11.8. The lowest BCUT2D eigenvalue weighted by atomic mass is 10.1. The number of aromatic hydroxyl groups is 1. The van der Waals surface area contributed by atoms with E-state index in [0.717, 1.165) is 0 Å². The molecule has 0 radical (unpaired) electrons. The molecule has 0 aliphatic rings. The number of phenols is 1. The molecule has 0 aliphatic heterocycles. The maximum absolute atomic E-state index is 13.7. The first-order valence-corrected chi connectivity index (χ1v) is 5.92. The third-order valence-electron chi connectivity index (χ3n) is 2.65. The molecule has 0 atom stereocenters. The lowest BCUT2D eigenvalue weighted by Crippen LogP contribution is -2.14. The van der Waals surface area contributed by atoms with Gasteiger partial charge in [-0.25, -0.2) is 4.39 Å². The van der Waals surface area contributed by atoms with E-state index in [1.807, 2.05) is 0 Å². The van der Waals surface area contributed by atoms with Crippen molar-refractivity contribution in [3.05, 3.63) is 58.4 Å². The summed E-state index contributed by atoms with van der Waals surface area (Å²) in [6, 6.07) is 8.72. The van der Waals surface area contributed by atoms with Crippen molar-refractivity contribution >= 4 is 23.2 Å². The molecule has 0 aliphatic carbocycles. The highest BCUT2D eigenvalue weighted by Crippen LogP contribution is 2.22. The second-order valence-electron chi connectivity index (χ2n) is 4.05. The number of hydrogen-bond acceptors (Lipinski definition) is 2. The Kier molecular flexibility index (Phi) is 3.71. The van der Waals surface area contributed by atoms with E-state index < -0.39 is 11.7 Å². The molecule has 2 N–H and O–H groups in total. The van der Waals surface area contributed by atoms with Crippen molar-refractivity contribution in [1.29, 1.82) is 0 Å². The number of rotatable bonds is 2. The van der Waals surface area contributed by atoms with Crippen molar-refractivity contribution in [2.24, 2.45) is 0 Å². The van der Waals surface area contributed by atoms with Gasteiger partial charge in [0.1, 0.15) is 5.75 Å². The van der Waals surface area contributed by atoms with Crippen LogP contribution in [0.1, 0.15) is 15.9 Å². The minimum atomic E-state index is -0.752. The molecule has 0 heterocycles. The number of halogens is 2. The normalized spacial score (nSPS) is 10.3. The Bertz CT molecular complexity index is 643. The van der Waals surface area contributed by atoms with Gasteiger partial charge in [0.2, 0.25) is 0 Å². The first-order chi connectivity index (χ1) is 8.99. The molecule has 5 heteroatoms. The van der Waals surface area contributed by atoms with Gasteiger partial charge in [-0.2, -0.15) is 0 Å². The summed E-state index contributed by atoms with van der Waals surface area (Å²) in [6.45, 7) is 1.73. The molecule has 0 fully saturated rings. The van der Waals surface area contributed by atoms with Crippen molar-refractivity contribution in [3.8, 4) is 5.75 Å². The van der Waals surface area contributed by atoms with Crippen LogP contribution in [0, 0.1) is 12.7 Å². The van der Waals surface area contributed by atoms with E-state index in [9.17, 15) is 14.3 Å². The fraction of sp³-hybridized carbons (Fsp3) is 0.0714. The molecule has 3 nitrogen and oxygen atoms in total. The standard InChI is InChI=1S/C14H11ClFNO2/c1-8-7-9(18)5-6-12(8)17-14(19)10-3-2-4-11(15)13(10)16/h2-7,18H,1H3,(H,17,19). The van der Waals surface area contributed by atoms with Gasteiger partial charge in [-0.1, -0.05) is 17.7 Å². The zero-order valence-electron chi connectivity index (χ0n) is 10.1. The molecule has 19 heavy (non-hydrogen) atoms. The molecule has 0 saturated carbocycles. The van der Waals surface area contributed by atoms with E-state index in [2.05, 4.69) is 5.32 Å². The van der Waals surface area contributed by atoms with E-state index in [0.29, 0.717) is 11.3 Å². The van der Waals surface area contributed by atoms with Crippen LogP contribution in [0.25, 0.3) is 0 Å². The molecule has 2 aromatic carbocycles. The molecule has 98 valence electrons. The van der Waals surface area contributed by atoms with E-state index >= 15 is 0 Å². The summed E-state index contributed by atoms with van der Waals surface area (Å²) < 4.78 is 13.7. The number of benzene rings is 2.